The number of piperidine rings is 2. The van der Waals surface area contributed by atoms with Crippen molar-refractivity contribution >= 4 is 17.9 Å². The minimum Gasteiger partial charge on any atom is -0.481 e. The maximum Gasteiger partial charge on any atom is 0.416 e. The summed E-state index contributed by atoms with van der Waals surface area (Å²) in [6.07, 6.45) is 1.94. The Kier molecular flexibility index (Phi) is 7.65. The Morgan fingerprint density at radius 1 is 0.810 bits per heavy atom. The lowest BCUT2D eigenvalue weighted by atomic mass is 9.93. The maximum atomic E-state index is 13.7. The Morgan fingerprint density at radius 3 is 2.05 bits per heavy atom. The molecule has 1 N–H and O–H groups in total. The highest BCUT2D eigenvalue weighted by Gasteiger charge is 2.40. The number of alkyl halides is 3. The number of aliphatic carboxylic acids is 1. The van der Waals surface area contributed by atoms with Gasteiger partial charge in [0.25, 0.3) is 5.91 Å². The van der Waals surface area contributed by atoms with E-state index in [4.69, 9.17) is 0 Å². The highest BCUT2D eigenvalue weighted by atomic mass is 19.4. The van der Waals surface area contributed by atoms with Gasteiger partial charge in [-0.1, -0.05) is 18.2 Å². The highest BCUT2D eigenvalue weighted by Crippen LogP contribution is 2.44. The second kappa shape index (κ2) is 11.3. The number of halogens is 3. The first-order valence-electron chi connectivity index (χ1n) is 14.9. The highest BCUT2D eigenvalue weighted by molar-refractivity contribution is 5.95. The molecule has 4 fully saturated rings. The smallest absolute Gasteiger partial charge is 0.416 e. The van der Waals surface area contributed by atoms with E-state index in [-0.39, 0.29) is 47.8 Å². The third-order valence-corrected chi connectivity index (χ3v) is 9.41. The predicted molar refractivity (Wildman–Crippen MR) is 146 cm³/mol. The number of carbonyl (C=O) groups is 3. The molecule has 6 rings (SSSR count). The van der Waals surface area contributed by atoms with Crippen molar-refractivity contribution in [3.05, 3.63) is 52.8 Å². The molecule has 12 heteroatoms. The molecule has 3 aliphatic heterocycles. The zero-order valence-electron chi connectivity index (χ0n) is 23.4. The predicted octanol–water partition coefficient (Wildman–Crippen LogP) is 4.96. The molecule has 0 bridgehead atoms. The molecule has 1 aliphatic carbocycles. The average molecular weight is 588 g/mol. The number of aromatic nitrogens is 2. The van der Waals surface area contributed by atoms with Gasteiger partial charge in [-0.3, -0.25) is 14.3 Å². The van der Waals surface area contributed by atoms with Gasteiger partial charge in [-0.25, -0.2) is 4.79 Å². The van der Waals surface area contributed by atoms with Crippen molar-refractivity contribution in [3.8, 4) is 0 Å². The molecule has 4 aliphatic rings. The van der Waals surface area contributed by atoms with Crippen LogP contribution in [0.4, 0.5) is 18.0 Å². The quantitative estimate of drug-likeness (QED) is 0.533. The zero-order chi connectivity index (χ0) is 29.6. The van der Waals surface area contributed by atoms with Crippen molar-refractivity contribution < 1.29 is 32.7 Å². The topological polar surface area (TPSA) is 99.0 Å². The van der Waals surface area contributed by atoms with Crippen LogP contribution in [0.1, 0.15) is 90.0 Å². The number of carboxylic acid groups (broad SMARTS) is 1. The van der Waals surface area contributed by atoms with Gasteiger partial charge < -0.3 is 19.8 Å². The van der Waals surface area contributed by atoms with E-state index in [1.807, 2.05) is 9.58 Å². The number of amides is 3. The number of urea groups is 1. The SMILES string of the molecule is O=C(O)C1CCN(C(=O)N2CCC(n3ncc(C(=O)N4CC[C@@H](c5ccccc5C(F)(F)F)C4)c3C3CC3)CC2)CC1. The van der Waals surface area contributed by atoms with Crippen molar-refractivity contribution in [2.45, 2.75) is 69.0 Å². The van der Waals surface area contributed by atoms with Crippen LogP contribution in [0.3, 0.4) is 0 Å². The van der Waals surface area contributed by atoms with E-state index < -0.39 is 17.7 Å². The van der Waals surface area contributed by atoms with Gasteiger partial charge >= 0.3 is 18.2 Å². The van der Waals surface area contributed by atoms with Crippen LogP contribution >= 0.6 is 0 Å². The minimum absolute atomic E-state index is 0.0493. The molecule has 1 aromatic carbocycles. The van der Waals surface area contributed by atoms with Gasteiger partial charge in [-0.2, -0.15) is 18.3 Å². The van der Waals surface area contributed by atoms with Crippen LogP contribution in [0.25, 0.3) is 0 Å². The second-order valence-electron chi connectivity index (χ2n) is 12.1. The zero-order valence-corrected chi connectivity index (χ0v) is 23.4. The molecule has 9 nitrogen and oxygen atoms in total. The van der Waals surface area contributed by atoms with Crippen molar-refractivity contribution in [3.63, 3.8) is 0 Å². The van der Waals surface area contributed by atoms with Gasteiger partial charge in [-0.05, 0) is 56.6 Å². The fraction of sp³-hybridized carbons (Fsp3) is 0.600. The molecule has 226 valence electrons. The number of benzene rings is 1. The summed E-state index contributed by atoms with van der Waals surface area (Å²) in [7, 11) is 0. The van der Waals surface area contributed by atoms with Gasteiger partial charge in [-0.15, -0.1) is 0 Å². The number of rotatable bonds is 5. The molecule has 4 heterocycles. The monoisotopic (exact) mass is 587 g/mol. The lowest BCUT2D eigenvalue weighted by molar-refractivity contribution is -0.143. The standard InChI is InChI=1S/C30H36F3N5O4/c31-30(32,33)25-4-2-1-3-23(25)21-9-14-37(18-21)27(39)24-17-34-38(26(24)19-5-6-19)22-10-15-36(16-11-22)29(42)35-12-7-20(8-13-35)28(40)41/h1-4,17,19-22H,5-16,18H2,(H,40,41)/t21-/m1/s1. The van der Waals surface area contributed by atoms with Crippen LogP contribution in [0.15, 0.2) is 30.5 Å². The van der Waals surface area contributed by atoms with E-state index in [0.29, 0.717) is 70.4 Å². The number of carboxylic acids is 1. The van der Waals surface area contributed by atoms with Gasteiger partial charge in [0.2, 0.25) is 0 Å². The van der Waals surface area contributed by atoms with Crippen LogP contribution in [-0.4, -0.2) is 86.8 Å². The molecule has 3 amide bonds. The summed E-state index contributed by atoms with van der Waals surface area (Å²) in [5.74, 6) is -1.50. The summed E-state index contributed by atoms with van der Waals surface area (Å²) in [6, 6.07) is 5.63. The first-order valence-corrected chi connectivity index (χ1v) is 14.9. The van der Waals surface area contributed by atoms with Crippen LogP contribution in [0, 0.1) is 5.92 Å². The van der Waals surface area contributed by atoms with Gasteiger partial charge in [0.05, 0.1) is 35.0 Å². The second-order valence-corrected chi connectivity index (χ2v) is 12.1. The summed E-state index contributed by atoms with van der Waals surface area (Å²) >= 11 is 0. The molecular weight excluding hydrogens is 551 g/mol. The van der Waals surface area contributed by atoms with E-state index in [1.165, 1.54) is 12.1 Å². The van der Waals surface area contributed by atoms with Gasteiger partial charge in [0, 0.05) is 51.1 Å². The number of carbonyl (C=O) groups excluding carboxylic acids is 2. The van der Waals surface area contributed by atoms with E-state index >= 15 is 0 Å². The maximum absolute atomic E-state index is 13.7. The largest absolute Gasteiger partial charge is 0.481 e. The molecule has 2 aromatic rings. The number of hydrogen-bond donors (Lipinski definition) is 1. The van der Waals surface area contributed by atoms with E-state index in [9.17, 15) is 32.7 Å². The Balaban J connectivity index is 1.11. The molecule has 0 unspecified atom stereocenters. The molecule has 3 saturated heterocycles. The van der Waals surface area contributed by atoms with E-state index in [0.717, 1.165) is 24.6 Å². The number of nitrogens with zero attached hydrogens (tertiary/aromatic N) is 5. The van der Waals surface area contributed by atoms with Crippen molar-refractivity contribution in [1.82, 2.24) is 24.5 Å². The summed E-state index contributed by atoms with van der Waals surface area (Å²) in [5, 5.41) is 13.9. The van der Waals surface area contributed by atoms with Crippen LogP contribution in [0.2, 0.25) is 0 Å². The van der Waals surface area contributed by atoms with Crippen molar-refractivity contribution in [1.29, 1.82) is 0 Å². The van der Waals surface area contributed by atoms with Crippen molar-refractivity contribution in [2.75, 3.05) is 39.3 Å². The summed E-state index contributed by atoms with van der Waals surface area (Å²) in [5.41, 5.74) is 1.07. The van der Waals surface area contributed by atoms with Crippen LogP contribution in [0.5, 0.6) is 0 Å². The molecule has 1 atom stereocenters. The summed E-state index contributed by atoms with van der Waals surface area (Å²) in [6.45, 7) is 2.65. The van der Waals surface area contributed by atoms with Gasteiger partial charge in [0.1, 0.15) is 0 Å². The fourth-order valence-electron chi connectivity index (χ4n) is 6.89. The Hall–Kier alpha value is -3.57. The third-order valence-electron chi connectivity index (χ3n) is 9.41. The molecular formula is C30H36F3N5O4. The van der Waals surface area contributed by atoms with Crippen LogP contribution in [-0.2, 0) is 11.0 Å². The number of hydrogen-bond acceptors (Lipinski definition) is 4. The Bertz CT molecular complexity index is 1340. The lowest BCUT2D eigenvalue weighted by Gasteiger charge is -2.38. The molecule has 42 heavy (non-hydrogen) atoms. The lowest BCUT2D eigenvalue weighted by Crippen LogP contribution is -2.50. The van der Waals surface area contributed by atoms with E-state index in [1.54, 1.807) is 22.1 Å². The third kappa shape index (κ3) is 5.59. The van der Waals surface area contributed by atoms with Crippen LogP contribution < -0.4 is 0 Å². The van der Waals surface area contributed by atoms with Crippen molar-refractivity contribution in [2.24, 2.45) is 5.92 Å². The molecule has 1 aromatic heterocycles. The Labute approximate surface area is 242 Å². The fourth-order valence-corrected chi connectivity index (χ4v) is 6.89. The molecule has 0 spiro atoms. The Morgan fingerprint density at radius 2 is 1.43 bits per heavy atom. The first kappa shape index (κ1) is 28.5. The minimum atomic E-state index is -4.44. The summed E-state index contributed by atoms with van der Waals surface area (Å²) < 4.78 is 42.8. The molecule has 1 saturated carbocycles. The average Bonchev–Trinajstić information content (AvgIpc) is 3.53. The molecule has 0 radical (unpaired) electrons. The van der Waals surface area contributed by atoms with Gasteiger partial charge in [0.15, 0.2) is 0 Å². The number of likely N-dealkylation sites (tertiary alicyclic amines) is 3. The van der Waals surface area contributed by atoms with E-state index in [2.05, 4.69) is 5.10 Å². The first-order chi connectivity index (χ1) is 20.1. The summed E-state index contributed by atoms with van der Waals surface area (Å²) in [4.78, 5) is 43.2. The normalized spacial score (nSPS) is 22.5.